The van der Waals surface area contributed by atoms with Crippen LogP contribution in [0.5, 0.6) is 17.2 Å². The largest absolute Gasteiger partial charge is 0.493 e. The third-order valence-corrected chi connectivity index (χ3v) is 6.08. The van der Waals surface area contributed by atoms with E-state index in [1.54, 1.807) is 39.5 Å². The third kappa shape index (κ3) is 5.36. The number of carbonyl (C=O) groups is 1. The van der Waals surface area contributed by atoms with Gasteiger partial charge in [0.05, 0.1) is 27.0 Å². The molecule has 0 spiro atoms. The van der Waals surface area contributed by atoms with Gasteiger partial charge in [-0.15, -0.1) is 0 Å². The molecule has 0 atom stereocenters. The second-order valence-corrected chi connectivity index (χ2v) is 7.93. The van der Waals surface area contributed by atoms with Crippen LogP contribution in [-0.4, -0.2) is 68.2 Å². The van der Waals surface area contributed by atoms with Crippen molar-refractivity contribution in [1.29, 1.82) is 0 Å². The van der Waals surface area contributed by atoms with Crippen molar-refractivity contribution in [3.8, 4) is 28.5 Å². The predicted octanol–water partition coefficient (Wildman–Crippen LogP) is 2.74. The lowest BCUT2D eigenvalue weighted by Crippen LogP contribution is -2.27. The summed E-state index contributed by atoms with van der Waals surface area (Å²) in [7, 11) is 4.67. The number of hydrogen-bond acceptors (Lipinski definition) is 7. The van der Waals surface area contributed by atoms with Crippen LogP contribution in [0.25, 0.3) is 11.3 Å². The van der Waals surface area contributed by atoms with Gasteiger partial charge in [-0.25, -0.2) is 0 Å². The molecule has 0 unspecified atom stereocenters. The molecule has 2 aromatic rings. The van der Waals surface area contributed by atoms with Gasteiger partial charge in [-0.3, -0.25) is 9.89 Å². The Kier molecular flexibility index (Phi) is 7.65. The van der Waals surface area contributed by atoms with E-state index in [2.05, 4.69) is 15.5 Å². The summed E-state index contributed by atoms with van der Waals surface area (Å²) >= 11 is 1.89. The lowest BCUT2D eigenvalue weighted by Gasteiger charge is -2.21. The van der Waals surface area contributed by atoms with Gasteiger partial charge >= 0.3 is 0 Å². The molecule has 1 aromatic carbocycles. The number of amides is 1. The summed E-state index contributed by atoms with van der Waals surface area (Å²) in [6.07, 6.45) is 2.16. The Morgan fingerprint density at radius 2 is 1.86 bits per heavy atom. The Bertz CT molecular complexity index is 795. The fourth-order valence-corrected chi connectivity index (χ4v) is 4.22. The fraction of sp³-hybridized carbons (Fsp3) is 0.500. The molecular formula is C20H27N3O5S. The third-order valence-electron chi connectivity index (χ3n) is 4.69. The lowest BCUT2D eigenvalue weighted by molar-refractivity contribution is 0.0950. The summed E-state index contributed by atoms with van der Waals surface area (Å²) in [4.78, 5) is 12.4. The number of ether oxygens (including phenoxy) is 4. The normalized spacial score (nSPS) is 14.4. The number of nitrogens with one attached hydrogen (secondary N) is 2. The number of benzene rings is 1. The average molecular weight is 422 g/mol. The molecule has 1 aromatic heterocycles. The van der Waals surface area contributed by atoms with Gasteiger partial charge in [0, 0.05) is 36.3 Å². The molecule has 1 saturated heterocycles. The first-order chi connectivity index (χ1) is 14.2. The van der Waals surface area contributed by atoms with Crippen LogP contribution in [0.2, 0.25) is 0 Å². The highest BCUT2D eigenvalue weighted by Gasteiger charge is 2.17. The van der Waals surface area contributed by atoms with E-state index < -0.39 is 0 Å². The first-order valence-corrected chi connectivity index (χ1v) is 10.5. The molecule has 0 aliphatic carbocycles. The van der Waals surface area contributed by atoms with Crippen molar-refractivity contribution in [3.63, 3.8) is 0 Å². The number of aromatic nitrogens is 2. The molecule has 1 aliphatic rings. The maximum Gasteiger partial charge on any atom is 0.269 e. The fourth-order valence-electron chi connectivity index (χ4n) is 3.14. The standard InChI is InChI=1S/C20H27N3O5S/c1-25-17-10-13(11-18(26-2)19(17)27-3)15-12-16(23-22-15)20(24)21-6-9-29-14-4-7-28-8-5-14/h10-12,14H,4-9H2,1-3H3,(H,21,24)(H,22,23). The Labute approximate surface area is 174 Å². The van der Waals surface area contributed by atoms with Crippen molar-refractivity contribution in [2.45, 2.75) is 18.1 Å². The number of nitrogens with zero attached hydrogens (tertiary/aromatic N) is 1. The van der Waals surface area contributed by atoms with Gasteiger partial charge in [0.1, 0.15) is 5.69 Å². The number of carbonyl (C=O) groups excluding carboxylic acids is 1. The first-order valence-electron chi connectivity index (χ1n) is 9.49. The smallest absolute Gasteiger partial charge is 0.269 e. The van der Waals surface area contributed by atoms with E-state index in [1.807, 2.05) is 11.8 Å². The molecule has 8 nitrogen and oxygen atoms in total. The Morgan fingerprint density at radius 1 is 1.17 bits per heavy atom. The second kappa shape index (κ2) is 10.4. The van der Waals surface area contributed by atoms with Crippen LogP contribution in [-0.2, 0) is 4.74 Å². The SMILES string of the molecule is COc1cc(-c2cc(C(=O)NCCSC3CCOCC3)[nH]n2)cc(OC)c1OC. The van der Waals surface area contributed by atoms with E-state index in [0.29, 0.717) is 40.4 Å². The van der Waals surface area contributed by atoms with Crippen LogP contribution in [0.1, 0.15) is 23.3 Å². The van der Waals surface area contributed by atoms with E-state index >= 15 is 0 Å². The van der Waals surface area contributed by atoms with Gasteiger partial charge in [-0.1, -0.05) is 0 Å². The summed E-state index contributed by atoms with van der Waals surface area (Å²) in [5, 5.41) is 10.6. The zero-order chi connectivity index (χ0) is 20.6. The zero-order valence-corrected chi connectivity index (χ0v) is 17.8. The Balaban J connectivity index is 1.60. The van der Waals surface area contributed by atoms with Gasteiger partial charge in [0.15, 0.2) is 11.5 Å². The highest BCUT2D eigenvalue weighted by molar-refractivity contribution is 7.99. The van der Waals surface area contributed by atoms with Gasteiger partial charge in [-0.2, -0.15) is 16.9 Å². The number of aromatic amines is 1. The number of thioether (sulfide) groups is 1. The molecule has 0 bridgehead atoms. The van der Waals surface area contributed by atoms with Gasteiger partial charge in [0.25, 0.3) is 5.91 Å². The van der Waals surface area contributed by atoms with E-state index in [9.17, 15) is 4.79 Å². The Hall–Kier alpha value is -2.39. The minimum Gasteiger partial charge on any atom is -0.493 e. The molecule has 2 N–H and O–H groups in total. The number of methoxy groups -OCH3 is 3. The monoisotopic (exact) mass is 421 g/mol. The highest BCUT2D eigenvalue weighted by Crippen LogP contribution is 2.40. The van der Waals surface area contributed by atoms with Crippen molar-refractivity contribution in [3.05, 3.63) is 23.9 Å². The van der Waals surface area contributed by atoms with E-state index in [-0.39, 0.29) is 5.91 Å². The molecule has 1 fully saturated rings. The summed E-state index contributed by atoms with van der Waals surface area (Å²) in [5.74, 6) is 2.27. The molecule has 0 radical (unpaired) electrons. The molecule has 2 heterocycles. The minimum absolute atomic E-state index is 0.177. The number of rotatable bonds is 9. The summed E-state index contributed by atoms with van der Waals surface area (Å²) in [6.45, 7) is 2.28. The number of hydrogen-bond donors (Lipinski definition) is 2. The summed E-state index contributed by atoms with van der Waals surface area (Å²) in [5.41, 5.74) is 1.78. The van der Waals surface area contributed by atoms with Crippen LogP contribution in [0, 0.1) is 0 Å². The van der Waals surface area contributed by atoms with Crippen molar-refractivity contribution < 1.29 is 23.7 Å². The van der Waals surface area contributed by atoms with Crippen molar-refractivity contribution >= 4 is 17.7 Å². The summed E-state index contributed by atoms with van der Waals surface area (Å²) < 4.78 is 21.5. The summed E-state index contributed by atoms with van der Waals surface area (Å²) in [6, 6.07) is 5.30. The van der Waals surface area contributed by atoms with E-state index in [0.717, 1.165) is 37.4 Å². The second-order valence-electron chi connectivity index (χ2n) is 6.52. The van der Waals surface area contributed by atoms with Crippen LogP contribution in [0.3, 0.4) is 0 Å². The molecule has 1 aliphatic heterocycles. The minimum atomic E-state index is -0.177. The van der Waals surface area contributed by atoms with Crippen LogP contribution in [0.4, 0.5) is 0 Å². The molecule has 29 heavy (non-hydrogen) atoms. The van der Waals surface area contributed by atoms with Gasteiger partial charge in [-0.05, 0) is 31.0 Å². The van der Waals surface area contributed by atoms with Crippen LogP contribution in [0.15, 0.2) is 18.2 Å². The molecule has 158 valence electrons. The highest BCUT2D eigenvalue weighted by atomic mass is 32.2. The zero-order valence-electron chi connectivity index (χ0n) is 16.9. The molecule has 0 saturated carbocycles. The lowest BCUT2D eigenvalue weighted by atomic mass is 10.1. The topological polar surface area (TPSA) is 94.7 Å². The molecule has 3 rings (SSSR count). The Morgan fingerprint density at radius 3 is 2.48 bits per heavy atom. The van der Waals surface area contributed by atoms with Crippen LogP contribution >= 0.6 is 11.8 Å². The molecule has 1 amide bonds. The van der Waals surface area contributed by atoms with Crippen LogP contribution < -0.4 is 19.5 Å². The maximum atomic E-state index is 12.4. The predicted molar refractivity (Wildman–Crippen MR) is 112 cm³/mol. The molecule has 9 heteroatoms. The van der Waals surface area contributed by atoms with Crippen molar-refractivity contribution in [1.82, 2.24) is 15.5 Å². The van der Waals surface area contributed by atoms with Gasteiger partial charge < -0.3 is 24.3 Å². The van der Waals surface area contributed by atoms with Crippen molar-refractivity contribution in [2.75, 3.05) is 46.8 Å². The van der Waals surface area contributed by atoms with E-state index in [4.69, 9.17) is 18.9 Å². The van der Waals surface area contributed by atoms with E-state index in [1.165, 1.54) is 0 Å². The van der Waals surface area contributed by atoms with Crippen molar-refractivity contribution in [2.24, 2.45) is 0 Å². The average Bonchev–Trinajstić information content (AvgIpc) is 3.26. The first kappa shape index (κ1) is 21.3. The quantitative estimate of drug-likeness (QED) is 0.601. The number of H-pyrrole nitrogens is 1. The molecular weight excluding hydrogens is 394 g/mol. The van der Waals surface area contributed by atoms with Gasteiger partial charge in [0.2, 0.25) is 5.75 Å². The maximum absolute atomic E-state index is 12.4.